The summed E-state index contributed by atoms with van der Waals surface area (Å²) in [6.45, 7) is 2.03. The van der Waals surface area contributed by atoms with E-state index in [0.29, 0.717) is 0 Å². The lowest BCUT2D eigenvalue weighted by atomic mass is 10.1. The van der Waals surface area contributed by atoms with Crippen molar-refractivity contribution in [3.8, 4) is 0 Å². The molecule has 0 unspecified atom stereocenters. The normalized spacial score (nSPS) is 11.8. The first-order chi connectivity index (χ1) is 8.75. The van der Waals surface area contributed by atoms with Gasteiger partial charge in [0.15, 0.2) is 0 Å². The summed E-state index contributed by atoms with van der Waals surface area (Å²) in [6, 6.07) is 11.5. The van der Waals surface area contributed by atoms with Crippen molar-refractivity contribution in [3.63, 3.8) is 0 Å². The van der Waals surface area contributed by atoms with Crippen LogP contribution in [0.25, 0.3) is 27.3 Å². The summed E-state index contributed by atoms with van der Waals surface area (Å²) in [7, 11) is 0. The molecule has 0 saturated carbocycles. The molecule has 0 saturated heterocycles. The van der Waals surface area contributed by atoms with Crippen LogP contribution in [0.15, 0.2) is 47.4 Å². The smallest absolute Gasteiger partial charge is 0.255 e. The van der Waals surface area contributed by atoms with Gasteiger partial charge in [-0.1, -0.05) is 12.1 Å². The first-order valence-electron chi connectivity index (χ1n) is 5.88. The van der Waals surface area contributed by atoms with Gasteiger partial charge in [-0.2, -0.15) is 0 Å². The van der Waals surface area contributed by atoms with Crippen LogP contribution in [0.5, 0.6) is 0 Å². The Kier molecular flexibility index (Phi) is 1.64. The van der Waals surface area contributed by atoms with Gasteiger partial charge < -0.3 is 0 Å². The molecular formula is C15H10N2O. The Morgan fingerprint density at radius 3 is 2.83 bits per heavy atom. The van der Waals surface area contributed by atoms with Crippen molar-refractivity contribution in [2.24, 2.45) is 0 Å². The molecule has 0 fully saturated rings. The van der Waals surface area contributed by atoms with Crippen LogP contribution in [0.3, 0.4) is 0 Å². The van der Waals surface area contributed by atoms with Gasteiger partial charge in [-0.05, 0) is 30.7 Å². The predicted molar refractivity (Wildman–Crippen MR) is 72.4 cm³/mol. The van der Waals surface area contributed by atoms with Crippen LogP contribution in [0.4, 0.5) is 0 Å². The van der Waals surface area contributed by atoms with E-state index in [1.54, 1.807) is 22.7 Å². The van der Waals surface area contributed by atoms with Crippen LogP contribution >= 0.6 is 0 Å². The summed E-state index contributed by atoms with van der Waals surface area (Å²) in [5, 5.41) is 2.20. The number of aryl methyl sites for hydroxylation is 1. The van der Waals surface area contributed by atoms with Crippen molar-refractivity contribution in [2.45, 2.75) is 6.92 Å². The maximum atomic E-state index is 12.1. The van der Waals surface area contributed by atoms with E-state index in [1.165, 1.54) is 0 Å². The van der Waals surface area contributed by atoms with Crippen molar-refractivity contribution in [3.05, 3.63) is 58.5 Å². The number of hydrogen-bond donors (Lipinski definition) is 0. The van der Waals surface area contributed by atoms with E-state index in [2.05, 4.69) is 23.2 Å². The van der Waals surface area contributed by atoms with Crippen LogP contribution in [0.1, 0.15) is 5.56 Å². The molecule has 0 aliphatic rings. The summed E-state index contributed by atoms with van der Waals surface area (Å²) >= 11 is 0. The zero-order valence-electron chi connectivity index (χ0n) is 9.84. The molecule has 0 aliphatic carbocycles. The predicted octanol–water partition coefficient (Wildman–Crippen LogP) is 2.75. The van der Waals surface area contributed by atoms with E-state index < -0.39 is 0 Å². The summed E-state index contributed by atoms with van der Waals surface area (Å²) in [5.74, 6) is 0. The molecule has 4 aromatic rings. The molecule has 0 spiro atoms. The molecule has 4 rings (SSSR count). The highest BCUT2D eigenvalue weighted by Gasteiger charge is 2.12. The lowest BCUT2D eigenvalue weighted by Crippen LogP contribution is -2.10. The molecule has 3 aromatic heterocycles. The van der Waals surface area contributed by atoms with Crippen LogP contribution in [0, 0.1) is 6.92 Å². The average Bonchev–Trinajstić information content (AvgIpc) is 2.70. The maximum absolute atomic E-state index is 12.1. The van der Waals surface area contributed by atoms with E-state index in [-0.39, 0.29) is 5.56 Å². The molecule has 0 atom stereocenters. The Hall–Kier alpha value is -2.42. The Bertz CT molecular complexity index is 953. The third-order valence-corrected chi connectivity index (χ3v) is 3.46. The molecular weight excluding hydrogens is 224 g/mol. The van der Waals surface area contributed by atoms with Gasteiger partial charge in [-0.3, -0.25) is 14.2 Å². The van der Waals surface area contributed by atoms with Crippen molar-refractivity contribution in [2.75, 3.05) is 0 Å². The Balaban J connectivity index is 2.51. The van der Waals surface area contributed by atoms with Crippen molar-refractivity contribution in [1.82, 2.24) is 9.38 Å². The van der Waals surface area contributed by atoms with Gasteiger partial charge in [0.05, 0.1) is 16.6 Å². The molecule has 0 bridgehead atoms. The van der Waals surface area contributed by atoms with E-state index >= 15 is 0 Å². The molecule has 3 heterocycles. The summed E-state index contributed by atoms with van der Waals surface area (Å²) in [6.07, 6.45) is 1.79. The van der Waals surface area contributed by atoms with Crippen LogP contribution in [0.2, 0.25) is 0 Å². The number of fused-ring (bicyclic) bond motifs is 3. The molecule has 0 N–H and O–H groups in total. The highest BCUT2D eigenvalue weighted by Crippen LogP contribution is 2.29. The number of aromatic nitrogens is 2. The fourth-order valence-corrected chi connectivity index (χ4v) is 2.67. The van der Waals surface area contributed by atoms with E-state index in [0.717, 1.165) is 32.9 Å². The Morgan fingerprint density at radius 2 is 1.94 bits per heavy atom. The first-order valence-corrected chi connectivity index (χ1v) is 5.88. The third kappa shape index (κ3) is 1.03. The van der Waals surface area contributed by atoms with Crippen LogP contribution in [-0.2, 0) is 0 Å². The van der Waals surface area contributed by atoms with Crippen LogP contribution < -0.4 is 5.56 Å². The van der Waals surface area contributed by atoms with Gasteiger partial charge in [0.2, 0.25) is 0 Å². The third-order valence-electron chi connectivity index (χ3n) is 3.46. The Labute approximate surface area is 103 Å². The number of pyridine rings is 2. The molecule has 0 radical (unpaired) electrons. The maximum Gasteiger partial charge on any atom is 0.255 e. The van der Waals surface area contributed by atoms with Gasteiger partial charge in [0.1, 0.15) is 0 Å². The summed E-state index contributed by atoms with van der Waals surface area (Å²) in [4.78, 5) is 16.4. The fourth-order valence-electron chi connectivity index (χ4n) is 2.67. The minimum absolute atomic E-state index is 0.00102. The van der Waals surface area contributed by atoms with Gasteiger partial charge in [-0.15, -0.1) is 0 Å². The second-order valence-corrected chi connectivity index (χ2v) is 4.62. The lowest BCUT2D eigenvalue weighted by Gasteiger charge is -1.98. The van der Waals surface area contributed by atoms with Crippen molar-refractivity contribution in [1.29, 1.82) is 0 Å². The molecule has 0 amide bonds. The number of nitrogens with zero attached hydrogens (tertiary/aromatic N) is 2. The highest BCUT2D eigenvalue weighted by molar-refractivity contribution is 6.12. The fraction of sp³-hybridized carbons (Fsp3) is 0.0667. The number of benzene rings is 1. The first kappa shape index (κ1) is 9.59. The van der Waals surface area contributed by atoms with Crippen LogP contribution in [-0.4, -0.2) is 9.38 Å². The zero-order valence-corrected chi connectivity index (χ0v) is 9.84. The quantitative estimate of drug-likeness (QED) is 0.469. The van der Waals surface area contributed by atoms with Crippen molar-refractivity contribution >= 4 is 27.3 Å². The van der Waals surface area contributed by atoms with E-state index in [4.69, 9.17) is 0 Å². The highest BCUT2D eigenvalue weighted by atomic mass is 16.1. The molecule has 0 aliphatic heterocycles. The standard InChI is InChI=1S/C15H10N2O/c1-9-2-3-10-11-6-7-16-12-4-5-14(18)17(15(11)12)13(10)8-9/h2-8H,1H3. The lowest BCUT2D eigenvalue weighted by molar-refractivity contribution is 1.17. The van der Waals surface area contributed by atoms with Gasteiger partial charge in [0.25, 0.3) is 5.56 Å². The minimum atomic E-state index is 0.00102. The minimum Gasteiger partial charge on any atom is -0.274 e. The zero-order chi connectivity index (χ0) is 12.3. The van der Waals surface area contributed by atoms with Crippen molar-refractivity contribution < 1.29 is 0 Å². The van der Waals surface area contributed by atoms with Gasteiger partial charge >= 0.3 is 0 Å². The monoisotopic (exact) mass is 234 g/mol. The summed E-state index contributed by atoms with van der Waals surface area (Å²) in [5.41, 5.74) is 3.90. The molecule has 3 nitrogen and oxygen atoms in total. The topological polar surface area (TPSA) is 34.4 Å². The average molecular weight is 234 g/mol. The van der Waals surface area contributed by atoms with Gasteiger partial charge in [-0.25, -0.2) is 0 Å². The Morgan fingerprint density at radius 1 is 1.06 bits per heavy atom. The SMILES string of the molecule is Cc1ccc2c3ccnc4ccc(=O)n(c2c1)c43. The largest absolute Gasteiger partial charge is 0.274 e. The molecule has 18 heavy (non-hydrogen) atoms. The second kappa shape index (κ2) is 3.07. The molecule has 1 aromatic carbocycles. The van der Waals surface area contributed by atoms with Gasteiger partial charge in [0, 0.05) is 23.0 Å². The molecule has 3 heteroatoms. The number of rotatable bonds is 0. The number of hydrogen-bond acceptors (Lipinski definition) is 2. The van der Waals surface area contributed by atoms with E-state index in [1.807, 2.05) is 13.0 Å². The molecule has 86 valence electrons. The summed E-state index contributed by atoms with van der Waals surface area (Å²) < 4.78 is 1.76. The second-order valence-electron chi connectivity index (χ2n) is 4.62. The van der Waals surface area contributed by atoms with E-state index in [9.17, 15) is 4.79 Å².